The van der Waals surface area contributed by atoms with Crippen LogP contribution in [-0.4, -0.2) is 41.4 Å². The molecule has 11 heteroatoms. The van der Waals surface area contributed by atoms with Crippen LogP contribution in [0.15, 0.2) is 83.1 Å². The van der Waals surface area contributed by atoms with Gasteiger partial charge in [-0.3, -0.25) is 19.4 Å². The van der Waals surface area contributed by atoms with E-state index in [4.69, 9.17) is 4.74 Å². The maximum atomic E-state index is 13.6. The zero-order valence-electron chi connectivity index (χ0n) is 18.0. The predicted octanol–water partition coefficient (Wildman–Crippen LogP) is 3.69. The Balaban J connectivity index is 1.23. The van der Waals surface area contributed by atoms with Crippen molar-refractivity contribution in [2.45, 2.75) is 12.1 Å². The monoisotopic (exact) mass is 477 g/mol. The fourth-order valence-electron chi connectivity index (χ4n) is 3.81. The molecule has 0 spiro atoms. The SMILES string of the molecule is O=C(CN1N=N[C@H]2C(=O)N(c3ccc(F)c(F)c3)C(=O)[C@@H]21)Nc1ccc(Oc2ccccc2)cc1. The predicted molar refractivity (Wildman–Crippen MR) is 120 cm³/mol. The van der Waals surface area contributed by atoms with Crippen LogP contribution in [0.3, 0.4) is 0 Å². The number of nitrogens with zero attached hydrogens (tertiary/aromatic N) is 4. The van der Waals surface area contributed by atoms with Crippen molar-refractivity contribution >= 4 is 29.1 Å². The number of halogens is 2. The summed E-state index contributed by atoms with van der Waals surface area (Å²) >= 11 is 0. The fourth-order valence-corrected chi connectivity index (χ4v) is 3.81. The number of para-hydroxylation sites is 1. The summed E-state index contributed by atoms with van der Waals surface area (Å²) in [7, 11) is 0. The van der Waals surface area contributed by atoms with Crippen LogP contribution in [0.4, 0.5) is 20.2 Å². The van der Waals surface area contributed by atoms with Crippen molar-refractivity contribution in [2.75, 3.05) is 16.8 Å². The highest BCUT2D eigenvalue weighted by molar-refractivity contribution is 6.25. The third-order valence-electron chi connectivity index (χ3n) is 5.44. The molecule has 3 aromatic carbocycles. The molecule has 1 fully saturated rings. The zero-order valence-corrected chi connectivity index (χ0v) is 18.0. The van der Waals surface area contributed by atoms with E-state index in [2.05, 4.69) is 15.7 Å². The Hall–Kier alpha value is -4.67. The van der Waals surface area contributed by atoms with Gasteiger partial charge in [0.25, 0.3) is 11.8 Å². The highest BCUT2D eigenvalue weighted by Crippen LogP contribution is 2.32. The maximum absolute atomic E-state index is 13.6. The number of fused-ring (bicyclic) bond motifs is 1. The number of hydrogen-bond acceptors (Lipinski definition) is 7. The second kappa shape index (κ2) is 8.93. The van der Waals surface area contributed by atoms with Crippen LogP contribution in [-0.2, 0) is 14.4 Å². The lowest BCUT2D eigenvalue weighted by Crippen LogP contribution is -2.43. The molecule has 1 saturated heterocycles. The number of benzene rings is 3. The molecule has 0 aliphatic carbocycles. The Morgan fingerprint density at radius 1 is 0.914 bits per heavy atom. The number of rotatable bonds is 6. The van der Waals surface area contributed by atoms with Gasteiger partial charge in [0.05, 0.1) is 5.69 Å². The Labute approximate surface area is 197 Å². The van der Waals surface area contributed by atoms with E-state index in [9.17, 15) is 23.2 Å². The molecular weight excluding hydrogens is 460 g/mol. The maximum Gasteiger partial charge on any atom is 0.263 e. The first-order chi connectivity index (χ1) is 16.9. The summed E-state index contributed by atoms with van der Waals surface area (Å²) in [5, 5.41) is 11.4. The van der Waals surface area contributed by atoms with Crippen molar-refractivity contribution < 1.29 is 27.9 Å². The Morgan fingerprint density at radius 2 is 1.63 bits per heavy atom. The average molecular weight is 477 g/mol. The molecule has 9 nitrogen and oxygen atoms in total. The van der Waals surface area contributed by atoms with Gasteiger partial charge in [-0.2, -0.15) is 5.11 Å². The number of carbonyl (C=O) groups excluding carboxylic acids is 3. The van der Waals surface area contributed by atoms with Crippen molar-refractivity contribution in [3.05, 3.63) is 84.4 Å². The van der Waals surface area contributed by atoms with Crippen LogP contribution in [0, 0.1) is 11.6 Å². The highest BCUT2D eigenvalue weighted by Gasteiger charge is 2.55. The van der Waals surface area contributed by atoms with Gasteiger partial charge >= 0.3 is 0 Å². The first-order valence-corrected chi connectivity index (χ1v) is 10.5. The lowest BCUT2D eigenvalue weighted by Gasteiger charge is -2.20. The normalized spacial score (nSPS) is 18.7. The lowest BCUT2D eigenvalue weighted by atomic mass is 10.1. The van der Waals surface area contributed by atoms with Crippen LogP contribution in [0.5, 0.6) is 11.5 Å². The number of imide groups is 1. The van der Waals surface area contributed by atoms with E-state index >= 15 is 0 Å². The molecule has 3 aromatic rings. The van der Waals surface area contributed by atoms with Gasteiger partial charge in [0.15, 0.2) is 23.7 Å². The number of anilines is 2. The number of carbonyl (C=O) groups is 3. The first-order valence-electron chi connectivity index (χ1n) is 10.5. The van der Waals surface area contributed by atoms with Gasteiger partial charge in [-0.1, -0.05) is 23.4 Å². The summed E-state index contributed by atoms with van der Waals surface area (Å²) in [5.41, 5.74) is 0.367. The van der Waals surface area contributed by atoms with Crippen LogP contribution in [0.25, 0.3) is 0 Å². The number of hydrogen-bond donors (Lipinski definition) is 1. The first kappa shape index (κ1) is 22.1. The Kier molecular flexibility index (Phi) is 5.65. The minimum atomic E-state index is -1.20. The molecule has 35 heavy (non-hydrogen) atoms. The van der Waals surface area contributed by atoms with Crippen LogP contribution in [0.1, 0.15) is 0 Å². The summed E-state index contributed by atoms with van der Waals surface area (Å²) in [4.78, 5) is 38.9. The Morgan fingerprint density at radius 3 is 2.34 bits per heavy atom. The largest absolute Gasteiger partial charge is 0.457 e. The van der Waals surface area contributed by atoms with E-state index in [1.165, 1.54) is 0 Å². The zero-order chi connectivity index (χ0) is 24.5. The summed E-state index contributed by atoms with van der Waals surface area (Å²) < 4.78 is 32.6. The van der Waals surface area contributed by atoms with Crippen molar-refractivity contribution in [3.63, 3.8) is 0 Å². The summed E-state index contributed by atoms with van der Waals surface area (Å²) in [6, 6.07) is 16.3. The van der Waals surface area contributed by atoms with Crippen LogP contribution >= 0.6 is 0 Å². The fraction of sp³-hybridized carbons (Fsp3) is 0.125. The molecule has 0 unspecified atom stereocenters. The molecule has 2 heterocycles. The summed E-state index contributed by atoms with van der Waals surface area (Å²) in [6.07, 6.45) is 0. The average Bonchev–Trinajstić information content (AvgIpc) is 3.37. The van der Waals surface area contributed by atoms with Gasteiger partial charge in [-0.25, -0.2) is 13.7 Å². The smallest absolute Gasteiger partial charge is 0.263 e. The number of nitrogens with one attached hydrogen (secondary N) is 1. The standard InChI is InChI=1S/C24H17F2N5O4/c25-18-11-8-15(12-19(18)26)31-23(33)21-22(24(31)34)30(29-28-21)13-20(32)27-14-6-9-17(10-7-14)35-16-4-2-1-3-5-16/h1-12,21-22H,13H2,(H,27,32)/t21-,22-/m1/s1. The molecule has 0 aromatic heterocycles. The van der Waals surface area contributed by atoms with E-state index in [-0.39, 0.29) is 12.2 Å². The molecule has 0 saturated carbocycles. The third kappa shape index (κ3) is 4.31. The second-order valence-corrected chi connectivity index (χ2v) is 7.79. The molecule has 5 rings (SSSR count). The van der Waals surface area contributed by atoms with Gasteiger partial charge in [0.1, 0.15) is 18.0 Å². The van der Waals surface area contributed by atoms with Crippen molar-refractivity contribution in [3.8, 4) is 11.5 Å². The topological polar surface area (TPSA) is 104 Å². The van der Waals surface area contributed by atoms with E-state index in [0.717, 1.165) is 28.1 Å². The molecule has 1 N–H and O–H groups in total. The lowest BCUT2D eigenvalue weighted by molar-refractivity contribution is -0.123. The molecular formula is C24H17F2N5O4. The van der Waals surface area contributed by atoms with Gasteiger partial charge in [0, 0.05) is 11.8 Å². The van der Waals surface area contributed by atoms with Crippen LogP contribution < -0.4 is 15.0 Å². The van der Waals surface area contributed by atoms with Crippen molar-refractivity contribution in [1.82, 2.24) is 5.01 Å². The molecule has 2 atom stereocenters. The van der Waals surface area contributed by atoms with E-state index in [1.54, 1.807) is 24.3 Å². The molecule has 0 radical (unpaired) electrons. The van der Waals surface area contributed by atoms with Gasteiger partial charge < -0.3 is 10.1 Å². The van der Waals surface area contributed by atoms with E-state index in [1.807, 2.05) is 30.3 Å². The van der Waals surface area contributed by atoms with Crippen molar-refractivity contribution in [1.29, 1.82) is 0 Å². The second-order valence-electron chi connectivity index (χ2n) is 7.79. The third-order valence-corrected chi connectivity index (χ3v) is 5.44. The Bertz CT molecular complexity index is 1330. The molecule has 3 amide bonds. The minimum Gasteiger partial charge on any atom is -0.457 e. The molecule has 2 aliphatic rings. The highest BCUT2D eigenvalue weighted by atomic mass is 19.2. The summed E-state index contributed by atoms with van der Waals surface area (Å²) in [5.74, 6) is -3.00. The number of amides is 3. The van der Waals surface area contributed by atoms with Gasteiger partial charge in [0.2, 0.25) is 5.91 Å². The van der Waals surface area contributed by atoms with Crippen LogP contribution in [0.2, 0.25) is 0 Å². The quantitative estimate of drug-likeness (QED) is 0.546. The molecule has 2 aliphatic heterocycles. The van der Waals surface area contributed by atoms with Gasteiger partial charge in [-0.05, 0) is 48.5 Å². The van der Waals surface area contributed by atoms with E-state index < -0.39 is 41.4 Å². The van der Waals surface area contributed by atoms with Crippen molar-refractivity contribution in [2.24, 2.45) is 10.3 Å². The molecule has 0 bridgehead atoms. The number of ether oxygens (including phenoxy) is 1. The van der Waals surface area contributed by atoms with Gasteiger partial charge in [-0.15, -0.1) is 0 Å². The molecule has 176 valence electrons. The van der Waals surface area contributed by atoms with E-state index in [0.29, 0.717) is 17.2 Å². The minimum absolute atomic E-state index is 0.120. The summed E-state index contributed by atoms with van der Waals surface area (Å²) in [6.45, 7) is -0.350.